The predicted molar refractivity (Wildman–Crippen MR) is 155 cm³/mol. The van der Waals surface area contributed by atoms with E-state index in [0.717, 1.165) is 46.7 Å². The molecule has 3 heterocycles. The van der Waals surface area contributed by atoms with Crippen molar-refractivity contribution in [1.82, 2.24) is 24.6 Å². The number of aryl methyl sites for hydroxylation is 1. The van der Waals surface area contributed by atoms with Crippen LogP contribution in [0.25, 0.3) is 28.2 Å². The summed E-state index contributed by atoms with van der Waals surface area (Å²) in [6.45, 7) is 3.77. The van der Waals surface area contributed by atoms with Crippen molar-refractivity contribution in [2.45, 2.75) is 51.4 Å². The fourth-order valence-electron chi connectivity index (χ4n) is 5.33. The summed E-state index contributed by atoms with van der Waals surface area (Å²) in [4.78, 5) is 20.2. The van der Waals surface area contributed by atoms with E-state index in [1.54, 1.807) is 12.3 Å². The molecule has 1 aliphatic heterocycles. The number of H-pyrrole nitrogens is 1. The van der Waals surface area contributed by atoms with Gasteiger partial charge in [-0.2, -0.15) is 5.10 Å². The van der Waals surface area contributed by atoms with Crippen LogP contribution in [0.4, 0.5) is 0 Å². The Labute approximate surface area is 230 Å². The zero-order valence-corrected chi connectivity index (χ0v) is 22.6. The van der Waals surface area contributed by atoms with E-state index >= 15 is 0 Å². The topological polar surface area (TPSA) is 92.8 Å². The average Bonchev–Trinajstić information content (AvgIpc) is 3.62. The molecule has 0 bridgehead atoms. The maximum atomic E-state index is 12.5. The second-order valence-electron chi connectivity index (χ2n) is 9.91. The molecule has 0 unspecified atom stereocenters. The standard InChI is InChI=1S/C30H36N6O.ClH/c31-29(37)27-16-11-15-26(23-20-32-33-21-23)28(27)30-34-24(22-36(30)25-13-6-3-7-14-25)12-5-1-2-8-17-35-18-9-4-10-19-35;/h3,6-7,11,13-16,20-22H,1-2,4-5,8-10,12,17-19H2,(H2,31,37)(H,32,33);1H. The molecule has 5 rings (SSSR count). The van der Waals surface area contributed by atoms with Crippen LogP contribution < -0.4 is 5.73 Å². The van der Waals surface area contributed by atoms with Gasteiger partial charge in [-0.15, -0.1) is 12.4 Å². The van der Waals surface area contributed by atoms with Crippen LogP contribution in [0, 0.1) is 0 Å². The molecule has 200 valence electrons. The number of para-hydroxylation sites is 1. The number of piperidine rings is 1. The predicted octanol–water partition coefficient (Wildman–Crippen LogP) is 6.04. The Bertz CT molecular complexity index is 1300. The summed E-state index contributed by atoms with van der Waals surface area (Å²) >= 11 is 0. The molecule has 4 aromatic rings. The van der Waals surface area contributed by atoms with Gasteiger partial charge in [0.25, 0.3) is 0 Å². The Morgan fingerprint density at radius 2 is 1.74 bits per heavy atom. The molecule has 2 aromatic carbocycles. The highest BCUT2D eigenvalue weighted by Crippen LogP contribution is 2.35. The van der Waals surface area contributed by atoms with E-state index in [-0.39, 0.29) is 12.4 Å². The van der Waals surface area contributed by atoms with Crippen LogP contribution in [0.15, 0.2) is 67.1 Å². The number of primary amides is 1. The van der Waals surface area contributed by atoms with E-state index in [1.807, 2.05) is 36.5 Å². The lowest BCUT2D eigenvalue weighted by atomic mass is 9.96. The maximum absolute atomic E-state index is 12.5. The van der Waals surface area contributed by atoms with Gasteiger partial charge in [-0.25, -0.2) is 4.98 Å². The van der Waals surface area contributed by atoms with Gasteiger partial charge < -0.3 is 10.6 Å². The van der Waals surface area contributed by atoms with Crippen molar-refractivity contribution in [3.8, 4) is 28.2 Å². The van der Waals surface area contributed by atoms with Crippen molar-refractivity contribution in [3.05, 3.63) is 78.4 Å². The average molecular weight is 533 g/mol. The molecule has 8 heteroatoms. The van der Waals surface area contributed by atoms with Gasteiger partial charge in [-0.05, 0) is 75.5 Å². The third-order valence-corrected chi connectivity index (χ3v) is 7.26. The van der Waals surface area contributed by atoms with Gasteiger partial charge >= 0.3 is 0 Å². The van der Waals surface area contributed by atoms with Gasteiger partial charge in [0.2, 0.25) is 5.91 Å². The lowest BCUT2D eigenvalue weighted by Crippen LogP contribution is -2.30. The minimum Gasteiger partial charge on any atom is -0.366 e. The highest BCUT2D eigenvalue weighted by Gasteiger charge is 2.22. The van der Waals surface area contributed by atoms with Gasteiger partial charge in [0.1, 0.15) is 5.82 Å². The van der Waals surface area contributed by atoms with Crippen molar-refractivity contribution < 1.29 is 4.79 Å². The number of hydrogen-bond donors (Lipinski definition) is 2. The number of imidazole rings is 1. The monoisotopic (exact) mass is 532 g/mol. The van der Waals surface area contributed by atoms with Crippen LogP contribution in [-0.4, -0.2) is 50.2 Å². The molecule has 1 fully saturated rings. The fourth-order valence-corrected chi connectivity index (χ4v) is 5.33. The second kappa shape index (κ2) is 13.4. The summed E-state index contributed by atoms with van der Waals surface area (Å²) in [6, 6.07) is 15.7. The summed E-state index contributed by atoms with van der Waals surface area (Å²) in [5, 5.41) is 6.99. The first-order valence-electron chi connectivity index (χ1n) is 13.5. The number of rotatable bonds is 11. The van der Waals surface area contributed by atoms with Gasteiger partial charge in [-0.1, -0.05) is 49.6 Å². The van der Waals surface area contributed by atoms with E-state index in [9.17, 15) is 4.79 Å². The first-order valence-corrected chi connectivity index (χ1v) is 13.5. The number of halogens is 1. The second-order valence-corrected chi connectivity index (χ2v) is 9.91. The lowest BCUT2D eigenvalue weighted by molar-refractivity contribution is 0.100. The van der Waals surface area contributed by atoms with Crippen molar-refractivity contribution >= 4 is 18.3 Å². The number of amides is 1. The molecule has 1 aliphatic rings. The van der Waals surface area contributed by atoms with Crippen LogP contribution in [0.5, 0.6) is 0 Å². The van der Waals surface area contributed by atoms with Crippen LogP contribution in [0.2, 0.25) is 0 Å². The molecule has 0 aliphatic carbocycles. The quantitative estimate of drug-likeness (QED) is 0.230. The van der Waals surface area contributed by atoms with E-state index < -0.39 is 5.91 Å². The summed E-state index contributed by atoms with van der Waals surface area (Å²) < 4.78 is 2.08. The van der Waals surface area contributed by atoms with Gasteiger partial charge in [0.05, 0.1) is 17.5 Å². The summed E-state index contributed by atoms with van der Waals surface area (Å²) in [5.74, 6) is 0.245. The first kappa shape index (κ1) is 27.6. The molecule has 38 heavy (non-hydrogen) atoms. The smallest absolute Gasteiger partial charge is 0.249 e. The van der Waals surface area contributed by atoms with Crippen LogP contribution >= 0.6 is 12.4 Å². The number of carbonyl (C=O) groups excluding carboxylic acids is 1. The third kappa shape index (κ3) is 6.52. The normalized spacial score (nSPS) is 13.8. The number of nitrogens with zero attached hydrogens (tertiary/aromatic N) is 4. The van der Waals surface area contributed by atoms with Crippen LogP contribution in [-0.2, 0) is 6.42 Å². The van der Waals surface area contributed by atoms with Crippen LogP contribution in [0.3, 0.4) is 0 Å². The van der Waals surface area contributed by atoms with Gasteiger partial charge in [0.15, 0.2) is 0 Å². The van der Waals surface area contributed by atoms with Crippen LogP contribution in [0.1, 0.15) is 61.0 Å². The lowest BCUT2D eigenvalue weighted by Gasteiger charge is -2.26. The molecule has 0 spiro atoms. The minimum atomic E-state index is -0.474. The molecule has 1 saturated heterocycles. The van der Waals surface area contributed by atoms with Crippen molar-refractivity contribution in [2.24, 2.45) is 5.73 Å². The number of carbonyl (C=O) groups is 1. The number of aromatic nitrogens is 4. The zero-order chi connectivity index (χ0) is 25.5. The molecule has 7 nitrogen and oxygen atoms in total. The summed E-state index contributed by atoms with van der Waals surface area (Å²) in [7, 11) is 0. The highest BCUT2D eigenvalue weighted by atomic mass is 35.5. The Morgan fingerprint density at radius 1 is 0.947 bits per heavy atom. The number of nitrogens with one attached hydrogen (secondary N) is 1. The Kier molecular flexibility index (Phi) is 9.73. The molecule has 0 atom stereocenters. The zero-order valence-electron chi connectivity index (χ0n) is 21.8. The number of unbranched alkanes of at least 4 members (excludes halogenated alkanes) is 3. The van der Waals surface area contributed by atoms with E-state index in [2.05, 4.69) is 38.0 Å². The van der Waals surface area contributed by atoms with Crippen molar-refractivity contribution in [3.63, 3.8) is 0 Å². The highest BCUT2D eigenvalue weighted by molar-refractivity contribution is 6.03. The Hall–Kier alpha value is -3.42. The third-order valence-electron chi connectivity index (χ3n) is 7.26. The van der Waals surface area contributed by atoms with Gasteiger partial charge in [-0.3, -0.25) is 14.5 Å². The number of likely N-dealkylation sites (tertiary alicyclic amines) is 1. The van der Waals surface area contributed by atoms with E-state index in [0.29, 0.717) is 5.56 Å². The largest absolute Gasteiger partial charge is 0.366 e. The molecule has 3 N–H and O–H groups in total. The molecule has 0 radical (unpaired) electrons. The van der Waals surface area contributed by atoms with E-state index in [4.69, 9.17) is 10.7 Å². The number of benzene rings is 2. The molecule has 0 saturated carbocycles. The number of nitrogens with two attached hydrogens (primary N) is 1. The van der Waals surface area contributed by atoms with E-state index in [1.165, 1.54) is 58.2 Å². The number of hydrogen-bond acceptors (Lipinski definition) is 4. The summed E-state index contributed by atoms with van der Waals surface area (Å²) in [6.07, 6.45) is 15.5. The molecule has 1 amide bonds. The van der Waals surface area contributed by atoms with Gasteiger partial charge in [0, 0.05) is 29.2 Å². The first-order chi connectivity index (χ1) is 18.2. The molecular formula is C30H37ClN6O. The fraction of sp³-hybridized carbons (Fsp3) is 0.367. The summed E-state index contributed by atoms with van der Waals surface area (Å²) in [5.41, 5.74) is 10.8. The Morgan fingerprint density at radius 3 is 2.47 bits per heavy atom. The molecular weight excluding hydrogens is 496 g/mol. The maximum Gasteiger partial charge on any atom is 0.249 e. The van der Waals surface area contributed by atoms with Crippen molar-refractivity contribution in [2.75, 3.05) is 19.6 Å². The van der Waals surface area contributed by atoms with Crippen molar-refractivity contribution in [1.29, 1.82) is 0 Å². The SMILES string of the molecule is Cl.NC(=O)c1cccc(-c2cn[nH]c2)c1-c1nc(CCCCCCN2CCCCC2)cn1-c1ccccc1. The minimum absolute atomic E-state index is 0. The number of aromatic amines is 1. The Balaban J connectivity index is 0.00000336. The molecule has 2 aromatic heterocycles.